The number of carbonyl (C=O) groups excluding carboxylic acids is 1. The van der Waals surface area contributed by atoms with Crippen molar-refractivity contribution >= 4 is 11.6 Å². The lowest BCUT2D eigenvalue weighted by atomic mass is 10.2. The highest BCUT2D eigenvalue weighted by Crippen LogP contribution is 2.18. The summed E-state index contributed by atoms with van der Waals surface area (Å²) in [5.41, 5.74) is 6.67. The van der Waals surface area contributed by atoms with Crippen LogP contribution in [0.5, 0.6) is 0 Å². The Bertz CT molecular complexity index is 380. The Morgan fingerprint density at radius 3 is 2.65 bits per heavy atom. The van der Waals surface area contributed by atoms with Gasteiger partial charge < -0.3 is 10.6 Å². The second-order valence-corrected chi connectivity index (χ2v) is 4.41. The van der Waals surface area contributed by atoms with E-state index < -0.39 is 0 Å². The number of hydrogen-bond donors (Lipinski definition) is 1. The van der Waals surface area contributed by atoms with Gasteiger partial charge in [-0.1, -0.05) is 18.2 Å². The van der Waals surface area contributed by atoms with Crippen LogP contribution in [0.1, 0.15) is 6.42 Å². The van der Waals surface area contributed by atoms with E-state index in [-0.39, 0.29) is 11.9 Å². The second-order valence-electron chi connectivity index (χ2n) is 4.41. The molecule has 1 aliphatic rings. The molecule has 1 fully saturated rings. The summed E-state index contributed by atoms with van der Waals surface area (Å²) >= 11 is 0. The van der Waals surface area contributed by atoms with Crippen molar-refractivity contribution in [2.75, 3.05) is 31.6 Å². The van der Waals surface area contributed by atoms with E-state index in [0.717, 1.165) is 25.2 Å². The summed E-state index contributed by atoms with van der Waals surface area (Å²) in [5, 5.41) is 0. The van der Waals surface area contributed by atoms with Crippen LogP contribution in [-0.4, -0.2) is 43.5 Å². The minimum Gasteiger partial charge on any atom is -0.328 e. The second kappa shape index (κ2) is 5.29. The molecule has 1 heterocycles. The average molecular weight is 233 g/mol. The molecular formula is C13H19N3O. The number of para-hydroxylation sites is 1. The standard InChI is InChI=1S/C13H19N3O/c1-15-8-5-9-16(13(17)12(15)10-14)11-6-3-2-4-7-11/h2-4,6-7,12H,5,8-10,14H2,1H3. The van der Waals surface area contributed by atoms with Gasteiger partial charge in [0.2, 0.25) is 5.91 Å². The number of nitrogens with two attached hydrogens (primary N) is 1. The fourth-order valence-corrected chi connectivity index (χ4v) is 2.26. The van der Waals surface area contributed by atoms with E-state index in [1.807, 2.05) is 47.2 Å². The topological polar surface area (TPSA) is 49.6 Å². The molecule has 0 bridgehead atoms. The van der Waals surface area contributed by atoms with Crippen molar-refractivity contribution in [1.29, 1.82) is 0 Å². The lowest BCUT2D eigenvalue weighted by Crippen LogP contribution is -2.48. The fourth-order valence-electron chi connectivity index (χ4n) is 2.26. The van der Waals surface area contributed by atoms with Gasteiger partial charge in [-0.3, -0.25) is 9.69 Å². The molecule has 0 aliphatic carbocycles. The van der Waals surface area contributed by atoms with Crippen LogP contribution >= 0.6 is 0 Å². The summed E-state index contributed by atoms with van der Waals surface area (Å²) in [6.07, 6.45) is 0.980. The number of anilines is 1. The number of likely N-dealkylation sites (N-methyl/N-ethyl adjacent to an activating group) is 1. The maximum absolute atomic E-state index is 12.4. The van der Waals surface area contributed by atoms with E-state index in [9.17, 15) is 4.79 Å². The van der Waals surface area contributed by atoms with Gasteiger partial charge >= 0.3 is 0 Å². The Balaban J connectivity index is 2.25. The number of benzene rings is 1. The van der Waals surface area contributed by atoms with Gasteiger partial charge in [-0.2, -0.15) is 0 Å². The van der Waals surface area contributed by atoms with Crippen LogP contribution in [0, 0.1) is 0 Å². The SMILES string of the molecule is CN1CCCN(c2ccccc2)C(=O)C1CN. The number of rotatable bonds is 2. The Morgan fingerprint density at radius 2 is 2.00 bits per heavy atom. The first-order valence-corrected chi connectivity index (χ1v) is 6.01. The minimum atomic E-state index is -0.197. The van der Waals surface area contributed by atoms with Crippen molar-refractivity contribution in [2.24, 2.45) is 5.73 Å². The van der Waals surface area contributed by atoms with Gasteiger partial charge in [0.25, 0.3) is 0 Å². The van der Waals surface area contributed by atoms with E-state index in [1.54, 1.807) is 0 Å². The van der Waals surface area contributed by atoms with E-state index in [2.05, 4.69) is 0 Å². The number of amides is 1. The first kappa shape index (κ1) is 12.1. The average Bonchev–Trinajstić information content (AvgIpc) is 2.49. The lowest BCUT2D eigenvalue weighted by molar-refractivity contribution is -0.122. The van der Waals surface area contributed by atoms with Crippen LogP contribution in [0.3, 0.4) is 0 Å². The molecule has 92 valence electrons. The highest BCUT2D eigenvalue weighted by atomic mass is 16.2. The molecule has 1 saturated heterocycles. The van der Waals surface area contributed by atoms with Crippen molar-refractivity contribution < 1.29 is 4.79 Å². The fraction of sp³-hybridized carbons (Fsp3) is 0.462. The molecule has 1 aliphatic heterocycles. The lowest BCUT2D eigenvalue weighted by Gasteiger charge is -2.27. The zero-order valence-corrected chi connectivity index (χ0v) is 10.2. The van der Waals surface area contributed by atoms with Crippen LogP contribution in [0.25, 0.3) is 0 Å². The molecule has 1 amide bonds. The van der Waals surface area contributed by atoms with Crippen molar-refractivity contribution in [3.8, 4) is 0 Å². The molecule has 0 spiro atoms. The predicted octanol–water partition coefficient (Wildman–Crippen LogP) is 0.682. The summed E-state index contributed by atoms with van der Waals surface area (Å²) in [6.45, 7) is 2.05. The Hall–Kier alpha value is -1.39. The smallest absolute Gasteiger partial charge is 0.245 e. The minimum absolute atomic E-state index is 0.110. The van der Waals surface area contributed by atoms with Gasteiger partial charge in [-0.05, 0) is 25.6 Å². The Kier molecular flexibility index (Phi) is 3.76. The van der Waals surface area contributed by atoms with Crippen LogP contribution in [0.15, 0.2) is 30.3 Å². The molecule has 1 atom stereocenters. The molecule has 1 aromatic rings. The molecule has 1 unspecified atom stereocenters. The van der Waals surface area contributed by atoms with Gasteiger partial charge in [0.05, 0.1) is 0 Å². The van der Waals surface area contributed by atoms with Crippen LogP contribution < -0.4 is 10.6 Å². The molecule has 4 heteroatoms. The first-order valence-electron chi connectivity index (χ1n) is 6.01. The van der Waals surface area contributed by atoms with E-state index in [0.29, 0.717) is 6.54 Å². The summed E-state index contributed by atoms with van der Waals surface area (Å²) in [7, 11) is 1.96. The summed E-state index contributed by atoms with van der Waals surface area (Å²) in [5.74, 6) is 0.110. The van der Waals surface area contributed by atoms with Gasteiger partial charge in [0.1, 0.15) is 6.04 Å². The third-order valence-electron chi connectivity index (χ3n) is 3.27. The monoisotopic (exact) mass is 233 g/mol. The van der Waals surface area contributed by atoms with E-state index >= 15 is 0 Å². The van der Waals surface area contributed by atoms with Crippen LogP contribution in [0.2, 0.25) is 0 Å². The summed E-state index contributed by atoms with van der Waals surface area (Å²) in [4.78, 5) is 16.3. The maximum atomic E-state index is 12.4. The molecule has 0 saturated carbocycles. The normalized spacial score (nSPS) is 22.6. The van der Waals surface area contributed by atoms with Gasteiger partial charge in [0, 0.05) is 25.3 Å². The molecule has 2 N–H and O–H groups in total. The van der Waals surface area contributed by atoms with Crippen molar-refractivity contribution in [3.05, 3.63) is 30.3 Å². The van der Waals surface area contributed by atoms with Gasteiger partial charge in [-0.15, -0.1) is 0 Å². The largest absolute Gasteiger partial charge is 0.328 e. The van der Waals surface area contributed by atoms with E-state index in [1.165, 1.54) is 0 Å². The third-order valence-corrected chi connectivity index (χ3v) is 3.27. The Morgan fingerprint density at radius 1 is 1.29 bits per heavy atom. The quantitative estimate of drug-likeness (QED) is 0.817. The Labute approximate surface area is 102 Å². The highest BCUT2D eigenvalue weighted by molar-refractivity contribution is 5.97. The zero-order valence-electron chi connectivity index (χ0n) is 10.2. The number of nitrogens with zero attached hydrogens (tertiary/aromatic N) is 2. The summed E-state index contributed by atoms with van der Waals surface area (Å²) in [6, 6.07) is 9.60. The molecule has 0 aromatic heterocycles. The highest BCUT2D eigenvalue weighted by Gasteiger charge is 2.30. The molecule has 1 aromatic carbocycles. The van der Waals surface area contributed by atoms with Crippen LogP contribution in [-0.2, 0) is 4.79 Å². The van der Waals surface area contributed by atoms with Crippen molar-refractivity contribution in [3.63, 3.8) is 0 Å². The van der Waals surface area contributed by atoms with Gasteiger partial charge in [0.15, 0.2) is 0 Å². The predicted molar refractivity (Wildman–Crippen MR) is 68.9 cm³/mol. The molecule has 17 heavy (non-hydrogen) atoms. The van der Waals surface area contributed by atoms with E-state index in [4.69, 9.17) is 5.73 Å². The molecular weight excluding hydrogens is 214 g/mol. The van der Waals surface area contributed by atoms with Crippen molar-refractivity contribution in [2.45, 2.75) is 12.5 Å². The van der Waals surface area contributed by atoms with Crippen LogP contribution in [0.4, 0.5) is 5.69 Å². The first-order chi connectivity index (χ1) is 8.24. The molecule has 4 nitrogen and oxygen atoms in total. The zero-order chi connectivity index (χ0) is 12.3. The third kappa shape index (κ3) is 2.48. The summed E-state index contributed by atoms with van der Waals surface area (Å²) < 4.78 is 0. The molecule has 0 radical (unpaired) electrons. The number of hydrogen-bond acceptors (Lipinski definition) is 3. The van der Waals surface area contributed by atoms with Gasteiger partial charge in [-0.25, -0.2) is 0 Å². The molecule has 2 rings (SSSR count). The van der Waals surface area contributed by atoms with Crippen molar-refractivity contribution in [1.82, 2.24) is 4.90 Å². The number of carbonyl (C=O) groups is 1. The maximum Gasteiger partial charge on any atom is 0.245 e.